The van der Waals surface area contributed by atoms with E-state index >= 15 is 0 Å². The van der Waals surface area contributed by atoms with Crippen LogP contribution >= 0.6 is 0 Å². The minimum Gasteiger partial charge on any atom is -0.329 e. The summed E-state index contributed by atoms with van der Waals surface area (Å²) in [4.78, 5) is 0. The Bertz CT molecular complexity index is 15.1. The standard InChI is InChI=1S/C2H8N2/c3-1-2-4/h1-4H2/i/hD. The molecule has 0 fully saturated rings. The lowest BCUT2D eigenvalue weighted by atomic mass is 10.7. The minimum atomic E-state index is 0.545. The van der Waals surface area contributed by atoms with Crippen molar-refractivity contribution < 1.29 is 1.41 Å². The van der Waals surface area contributed by atoms with E-state index in [1.54, 1.807) is 0 Å². The second kappa shape index (κ2) is 2.92. The first kappa shape index (κ1) is 2.18. The van der Waals surface area contributed by atoms with Gasteiger partial charge in [0.2, 0.25) is 0 Å². The molecule has 0 heterocycles. The molecular weight excluding hydrogens is 52.0 g/mol. The summed E-state index contributed by atoms with van der Waals surface area (Å²) in [7, 11) is 0. The Labute approximate surface area is 27.2 Å². The van der Waals surface area contributed by atoms with E-state index in [1.165, 1.54) is 0 Å². The Morgan fingerprint density at radius 2 is 2.50 bits per heavy atom. The zero-order valence-electron chi connectivity index (χ0n) is 3.49. The average molecular weight is 61.1 g/mol. The van der Waals surface area contributed by atoms with E-state index in [-0.39, 0.29) is 0 Å². The Morgan fingerprint density at radius 3 is 2.50 bits per heavy atom. The maximum absolute atomic E-state index is 6.27. The molecule has 0 aromatic heterocycles. The van der Waals surface area contributed by atoms with Crippen LogP contribution in [0.4, 0.5) is 0 Å². The molecule has 0 bridgehead atoms. The quantitative estimate of drug-likeness (QED) is 0.426. The highest BCUT2D eigenvalue weighted by Crippen LogP contribution is 1.24. The summed E-state index contributed by atoms with van der Waals surface area (Å²) < 4.78 is 6.27. The van der Waals surface area contributed by atoms with Crippen molar-refractivity contribution >= 4 is 0 Å². The van der Waals surface area contributed by atoms with Crippen LogP contribution < -0.4 is 11.5 Å². The molecule has 0 aliphatic carbocycles. The molecule has 2 nitrogen and oxygen atoms in total. The van der Waals surface area contributed by atoms with Gasteiger partial charge < -0.3 is 11.5 Å². The minimum absolute atomic E-state index is 0.545. The van der Waals surface area contributed by atoms with Crippen LogP contribution in [0.2, 0.25) is 1.41 Å². The van der Waals surface area contributed by atoms with Gasteiger partial charge in [0.1, 0.15) is 1.41 Å². The van der Waals surface area contributed by atoms with Gasteiger partial charge in [-0.2, -0.15) is 0 Å². The van der Waals surface area contributed by atoms with Gasteiger partial charge in [0.25, 0.3) is 0 Å². The molecule has 0 unspecified atom stereocenters. The van der Waals surface area contributed by atoms with E-state index in [2.05, 4.69) is 5.73 Å². The fraction of sp³-hybridized carbons (Fsp3) is 1.00. The molecule has 0 aliphatic heterocycles. The smallest absolute Gasteiger partial charge is 0.118 e. The van der Waals surface area contributed by atoms with Crippen molar-refractivity contribution in [2.24, 2.45) is 11.5 Å². The van der Waals surface area contributed by atoms with Crippen LogP contribution in [-0.2, 0) is 0 Å². The zero-order chi connectivity index (χ0) is 4.12. The lowest BCUT2D eigenvalue weighted by Gasteiger charge is -1.72. The predicted molar refractivity (Wildman–Crippen MR) is 18.1 cm³/mol. The summed E-state index contributed by atoms with van der Waals surface area (Å²) in [6.07, 6.45) is 0. The normalized spacial score (nSPS) is 10.8. The molecule has 0 amide bonds. The molecule has 0 atom stereocenters. The first-order chi connectivity index (χ1) is 2.41. The van der Waals surface area contributed by atoms with Crippen LogP contribution in [0.1, 0.15) is 0 Å². The molecule has 0 aliphatic rings. The van der Waals surface area contributed by atoms with E-state index in [0.29, 0.717) is 13.1 Å². The van der Waals surface area contributed by atoms with Crippen molar-refractivity contribution in [1.82, 2.24) is 0 Å². The third kappa shape index (κ3) is 1.92. The lowest BCUT2D eigenvalue weighted by Crippen LogP contribution is -2.11. The van der Waals surface area contributed by atoms with E-state index in [1.807, 2.05) is 0 Å². The molecule has 26 valence electrons. The number of nitrogens with two attached hydrogens (primary N) is 2. The zero-order valence-corrected chi connectivity index (χ0v) is 2.49. The highest BCUT2D eigenvalue weighted by Gasteiger charge is 1.54. The Kier molecular flexibility index (Phi) is 1.59. The average Bonchev–Trinajstić information content (AvgIpc) is 1.41. The maximum atomic E-state index is 6.27. The molecular formula is C2H8N2. The van der Waals surface area contributed by atoms with Gasteiger partial charge in [-0.25, -0.2) is 0 Å². The molecule has 0 radical (unpaired) electrons. The summed E-state index contributed by atoms with van der Waals surface area (Å²) in [6, 6.07) is 0. The highest BCUT2D eigenvalue weighted by molar-refractivity contribution is 4.26. The number of hydrogen-bond donors (Lipinski definition) is 2. The van der Waals surface area contributed by atoms with Gasteiger partial charge in [0.05, 0.1) is 0 Å². The van der Waals surface area contributed by atoms with Crippen molar-refractivity contribution in [2.45, 2.75) is 0 Å². The Morgan fingerprint density at radius 1 is 1.75 bits per heavy atom. The lowest BCUT2D eigenvalue weighted by molar-refractivity contribution is 0.976. The van der Waals surface area contributed by atoms with Crippen LogP contribution in [0.25, 0.3) is 0 Å². The highest BCUT2D eigenvalue weighted by atomic mass is 14.6. The van der Waals surface area contributed by atoms with E-state index < -0.39 is 0 Å². The van der Waals surface area contributed by atoms with E-state index in [4.69, 9.17) is 7.15 Å². The molecule has 0 aromatic carbocycles. The number of rotatable bonds is 2. The third-order valence-electron chi connectivity index (χ3n) is 0.144. The first-order valence-electron chi connectivity index (χ1n) is 1.76. The Hall–Kier alpha value is -0.0800. The topological polar surface area (TPSA) is 52.0 Å². The van der Waals surface area contributed by atoms with Crippen LogP contribution in [0, 0.1) is 0 Å². The van der Waals surface area contributed by atoms with E-state index in [0.717, 1.165) is 0 Å². The molecule has 0 saturated carbocycles. The Balaban J connectivity index is 2.19. The molecule has 2 heteroatoms. The van der Waals surface area contributed by atoms with Crippen molar-refractivity contribution in [1.29, 1.82) is 0 Å². The summed E-state index contributed by atoms with van der Waals surface area (Å²) in [5, 5.41) is 0. The summed E-state index contributed by atoms with van der Waals surface area (Å²) in [5.74, 6) is 0. The van der Waals surface area contributed by atoms with Crippen LogP contribution in [0.15, 0.2) is 0 Å². The SMILES string of the molecule is [2H]NCCN. The second-order valence-electron chi connectivity index (χ2n) is 0.539. The summed E-state index contributed by atoms with van der Waals surface area (Å²) in [5.41, 5.74) is 7.10. The van der Waals surface area contributed by atoms with Crippen molar-refractivity contribution in [3.63, 3.8) is 0 Å². The van der Waals surface area contributed by atoms with Gasteiger partial charge in [-0.3, -0.25) is 0 Å². The van der Waals surface area contributed by atoms with Gasteiger partial charge in [-0.1, -0.05) is 0 Å². The van der Waals surface area contributed by atoms with E-state index in [9.17, 15) is 0 Å². The fourth-order valence-corrected chi connectivity index (χ4v) is 0. The largest absolute Gasteiger partial charge is 0.329 e. The van der Waals surface area contributed by atoms with Crippen LogP contribution in [0.3, 0.4) is 0 Å². The molecule has 4 heavy (non-hydrogen) atoms. The van der Waals surface area contributed by atoms with Crippen molar-refractivity contribution in [2.75, 3.05) is 13.1 Å². The maximum Gasteiger partial charge on any atom is 0.118 e. The van der Waals surface area contributed by atoms with Crippen molar-refractivity contribution in [3.8, 4) is 0 Å². The fourth-order valence-electron chi connectivity index (χ4n) is 0. The molecule has 0 saturated heterocycles. The first-order valence-corrected chi connectivity index (χ1v) is 1.26. The van der Waals surface area contributed by atoms with Gasteiger partial charge in [-0.15, -0.1) is 0 Å². The monoisotopic (exact) mass is 61.1 g/mol. The van der Waals surface area contributed by atoms with Gasteiger partial charge in [0, 0.05) is 13.1 Å². The number of hydrogen-bond acceptors (Lipinski definition) is 2. The van der Waals surface area contributed by atoms with Crippen LogP contribution in [0.5, 0.6) is 0 Å². The molecule has 4 N–H and O–H groups in total. The predicted octanol–water partition coefficient (Wildman–Crippen LogP) is -1.10. The molecule has 0 spiro atoms. The van der Waals surface area contributed by atoms with Gasteiger partial charge in [-0.05, 0) is 0 Å². The summed E-state index contributed by atoms with van der Waals surface area (Å²) in [6.45, 7) is 1.13. The van der Waals surface area contributed by atoms with Crippen LogP contribution in [-0.4, -0.2) is 13.1 Å². The third-order valence-corrected chi connectivity index (χ3v) is 0.144. The summed E-state index contributed by atoms with van der Waals surface area (Å²) >= 11 is 0. The molecule has 0 aromatic rings. The molecule has 0 rings (SSSR count). The van der Waals surface area contributed by atoms with Gasteiger partial charge >= 0.3 is 0 Å². The van der Waals surface area contributed by atoms with Crippen molar-refractivity contribution in [3.05, 3.63) is 0 Å². The second-order valence-corrected chi connectivity index (χ2v) is 0.539. The van der Waals surface area contributed by atoms with Gasteiger partial charge in [0.15, 0.2) is 0 Å².